The van der Waals surface area contributed by atoms with E-state index in [-0.39, 0.29) is 40.6 Å². The van der Waals surface area contributed by atoms with Crippen LogP contribution in [0.1, 0.15) is 57.4 Å². The van der Waals surface area contributed by atoms with Crippen LogP contribution >= 0.6 is 12.6 Å². The summed E-state index contributed by atoms with van der Waals surface area (Å²) in [4.78, 5) is 34.2. The van der Waals surface area contributed by atoms with Crippen LogP contribution in [0.15, 0.2) is 97.1 Å². The van der Waals surface area contributed by atoms with Gasteiger partial charge >= 0.3 is 48.6 Å². The van der Waals surface area contributed by atoms with E-state index in [1.165, 1.54) is 0 Å². The van der Waals surface area contributed by atoms with E-state index < -0.39 is 26.6 Å². The largest absolute Gasteiger partial charge is 3.00 e. The number of fused-ring (bicyclic) bond motifs is 4. The number of carboxylic acids is 1. The zero-order chi connectivity index (χ0) is 51.2. The Hall–Kier alpha value is -4.93. The second-order valence-electron chi connectivity index (χ2n) is 15.8. The van der Waals surface area contributed by atoms with Crippen LogP contribution in [0.3, 0.4) is 0 Å². The van der Waals surface area contributed by atoms with Crippen molar-refractivity contribution >= 4 is 77.2 Å². The van der Waals surface area contributed by atoms with Crippen LogP contribution in [0.5, 0.6) is 0 Å². The van der Waals surface area contributed by atoms with Gasteiger partial charge in [-0.3, -0.25) is 9.80 Å². The van der Waals surface area contributed by atoms with Gasteiger partial charge in [0.1, 0.15) is 23.3 Å². The smallest absolute Gasteiger partial charge is 0.850 e. The number of halogens is 8. The van der Waals surface area contributed by atoms with Crippen molar-refractivity contribution in [2.24, 2.45) is 0 Å². The van der Waals surface area contributed by atoms with Crippen molar-refractivity contribution in [2.75, 3.05) is 18.8 Å². The Morgan fingerprint density at radius 1 is 0.514 bits per heavy atom. The first kappa shape index (κ1) is 61.4. The minimum atomic E-state index is -6.00. The third-order valence-electron chi connectivity index (χ3n) is 10.9. The maximum atomic E-state index is 14.6. The molecule has 4 heterocycles. The van der Waals surface area contributed by atoms with Crippen LogP contribution in [0.25, 0.3) is 44.1 Å². The van der Waals surface area contributed by atoms with Crippen LogP contribution < -0.4 is 10.2 Å². The number of carboxylic acid groups (broad SMARTS) is 1. The number of para-hydroxylation sites is 8. The van der Waals surface area contributed by atoms with Crippen LogP contribution in [0.4, 0.5) is 34.5 Å². The molecule has 0 atom stereocenters. The van der Waals surface area contributed by atoms with Crippen molar-refractivity contribution in [3.8, 4) is 0 Å². The van der Waals surface area contributed by atoms with Gasteiger partial charge in [0.25, 0.3) is 0 Å². The van der Waals surface area contributed by atoms with Crippen molar-refractivity contribution in [1.29, 1.82) is 0 Å². The number of benzene rings is 4. The van der Waals surface area contributed by atoms with Gasteiger partial charge in [-0.1, -0.05) is 48.5 Å². The molecule has 388 valence electrons. The quantitative estimate of drug-likeness (QED) is 0.0511. The summed E-state index contributed by atoms with van der Waals surface area (Å²) in [6.45, 7) is 14.6. The molecule has 0 fully saturated rings. The summed E-state index contributed by atoms with van der Waals surface area (Å²) in [5.41, 5.74) is 8.32. The van der Waals surface area contributed by atoms with E-state index in [4.69, 9.17) is 19.9 Å². The van der Waals surface area contributed by atoms with Crippen molar-refractivity contribution in [3.05, 3.63) is 120 Å². The van der Waals surface area contributed by atoms with Crippen LogP contribution in [-0.2, 0) is 91.3 Å². The van der Waals surface area contributed by atoms with E-state index in [9.17, 15) is 49.5 Å². The van der Waals surface area contributed by atoms with Crippen molar-refractivity contribution < 1.29 is 83.7 Å². The predicted octanol–water partition coefficient (Wildman–Crippen LogP) is 8.25. The Kier molecular flexibility index (Phi) is 24.3. The number of carbonyl (C=O) groups excluding carboxylic acids is 1. The number of aliphatic carboxylic acids is 1. The van der Waals surface area contributed by atoms with Crippen molar-refractivity contribution in [1.82, 2.24) is 48.0 Å². The number of nitrogens with zero attached hydrogens (tertiary/aromatic N) is 10. The summed E-state index contributed by atoms with van der Waals surface area (Å²) >= 11 is 3.64. The van der Waals surface area contributed by atoms with Crippen LogP contribution in [0.2, 0.25) is 0 Å². The molecule has 4 aromatic carbocycles. The number of aromatic nitrogens is 8. The molecule has 0 saturated heterocycles. The first-order chi connectivity index (χ1) is 33.2. The molecule has 0 saturated carbocycles. The summed E-state index contributed by atoms with van der Waals surface area (Å²) in [5, 5.41) is 24.1. The number of thiol groups is 1. The number of hydrogen-bond donors (Lipinski definition) is 1. The van der Waals surface area contributed by atoms with Crippen LogP contribution in [0, 0.1) is 0 Å². The molecule has 4 aromatic heterocycles. The Morgan fingerprint density at radius 2 is 0.736 bits per heavy atom. The Bertz CT molecular complexity index is 2570. The Labute approximate surface area is 438 Å². The second-order valence-corrected chi connectivity index (χ2v) is 16.3. The fourth-order valence-corrected chi connectivity index (χ4v) is 8.47. The first-order valence-corrected chi connectivity index (χ1v) is 23.3. The van der Waals surface area contributed by atoms with Gasteiger partial charge in [-0.2, -0.15) is 12.6 Å². The summed E-state index contributed by atoms with van der Waals surface area (Å²) < 4.78 is 87.1. The second kappa shape index (κ2) is 28.5. The zero-order valence-corrected chi connectivity index (χ0v) is 42.9. The fourth-order valence-electron chi connectivity index (χ4n) is 8.29. The SMILES string of the molecule is CCn1c(CN(Cc2nc3ccccc3n2CC)CC([O-])CN(Cc2nc3ccccc3n2CC)Cc2nc3ccccc3n2CC)nc2ccccc21.F[B-](F)(F)F.F[B-](F)(F)F.O=C([O-])CCS.[Fe+3].[Fe+3]. The average Bonchev–Trinajstić information content (AvgIpc) is 4.03. The molecule has 0 spiro atoms. The summed E-state index contributed by atoms with van der Waals surface area (Å²) in [7, 11) is -12.0. The van der Waals surface area contributed by atoms with Gasteiger partial charge in [0.15, 0.2) is 0 Å². The number of hydrogen-bond acceptors (Lipinski definition) is 10. The standard InChI is InChI=1S/C43H49N10O.C3H6O2S.2BF4.2Fe/c1-5-50-36-21-13-9-17-32(36)44-40(50)27-48(28-41-45-33-18-10-14-22-37(33)51(41)6-2)25-31(54)26-49(29-42-46-34-19-11-15-23-38(34)52(42)7-3)30-43-47-35-20-12-16-24-39(35)53(43)8-4;4-3(5)1-2-6;2*2-1(3,4)5;;/h9-24,31H,5-8,25-30H2,1-4H3;6H,1-2H2,(H,4,5);;;;/q-1;;2*-1;2*+3/p-1. The molecular weight excluding hydrogens is 1060 g/mol. The van der Waals surface area contributed by atoms with Gasteiger partial charge in [0.2, 0.25) is 0 Å². The van der Waals surface area contributed by atoms with Gasteiger partial charge in [-0.15, -0.1) is 6.10 Å². The molecular formula is C46H54B2F8Fe2N10O3S+2. The van der Waals surface area contributed by atoms with Gasteiger partial charge in [0, 0.05) is 32.1 Å². The van der Waals surface area contributed by atoms with E-state index >= 15 is 0 Å². The molecule has 0 N–H and O–H groups in total. The van der Waals surface area contributed by atoms with E-state index in [2.05, 4.69) is 141 Å². The molecule has 0 unspecified atom stereocenters. The van der Waals surface area contributed by atoms with E-state index in [1.54, 1.807) is 0 Å². The molecule has 2 radical (unpaired) electrons. The number of rotatable bonds is 18. The van der Waals surface area contributed by atoms with Gasteiger partial charge in [-0.25, -0.2) is 19.9 Å². The van der Waals surface area contributed by atoms with Crippen molar-refractivity contribution in [2.45, 2.75) is 92.6 Å². The number of imidazole rings is 4. The minimum Gasteiger partial charge on any atom is -0.850 e. The predicted molar refractivity (Wildman–Crippen MR) is 257 cm³/mol. The Morgan fingerprint density at radius 3 is 0.917 bits per heavy atom. The molecule has 0 amide bonds. The van der Waals surface area contributed by atoms with Crippen molar-refractivity contribution in [3.63, 3.8) is 0 Å². The number of carbonyl (C=O) groups is 1. The molecule has 13 nitrogen and oxygen atoms in total. The van der Waals surface area contributed by atoms with E-state index in [0.717, 1.165) is 93.6 Å². The molecule has 0 aliphatic rings. The average molecular weight is 1110 g/mol. The maximum Gasteiger partial charge on any atom is 3.00 e. The molecule has 8 rings (SSSR count). The summed E-state index contributed by atoms with van der Waals surface area (Å²) in [6, 6.07) is 33.1. The molecule has 0 bridgehead atoms. The third kappa shape index (κ3) is 17.9. The zero-order valence-electron chi connectivity index (χ0n) is 39.8. The number of aryl methyl sites for hydroxylation is 4. The molecule has 26 heteroatoms. The molecule has 0 aliphatic carbocycles. The first-order valence-electron chi connectivity index (χ1n) is 22.7. The molecule has 0 aliphatic heterocycles. The molecule has 72 heavy (non-hydrogen) atoms. The third-order valence-corrected chi connectivity index (χ3v) is 11.1. The van der Waals surface area contributed by atoms with Gasteiger partial charge in [0.05, 0.1) is 70.3 Å². The minimum absolute atomic E-state index is 0. The summed E-state index contributed by atoms with van der Waals surface area (Å²) in [5.74, 6) is 3.14. The topological polar surface area (TPSA) is 141 Å². The van der Waals surface area contributed by atoms with Gasteiger partial charge in [-0.05, 0) is 101 Å². The van der Waals surface area contributed by atoms with E-state index in [1.807, 2.05) is 24.3 Å². The Balaban J connectivity index is 0.000000663. The fraction of sp³-hybridized carbons (Fsp3) is 0.370. The van der Waals surface area contributed by atoms with Crippen LogP contribution in [-0.4, -0.2) is 93.4 Å². The monoisotopic (exact) mass is 1110 g/mol. The van der Waals surface area contributed by atoms with Gasteiger partial charge < -0.3 is 67.8 Å². The normalized spacial score (nSPS) is 11.6. The maximum absolute atomic E-state index is 14.6. The molecule has 8 aromatic rings. The van der Waals surface area contributed by atoms with E-state index in [0.29, 0.717) is 45.0 Å². The summed E-state index contributed by atoms with van der Waals surface area (Å²) in [6.07, 6.45) is -0.883.